The highest BCUT2D eigenvalue weighted by Gasteiger charge is 2.30. The molecule has 4 heteroatoms. The van der Waals surface area contributed by atoms with Crippen LogP contribution in [0, 0.1) is 0 Å². The molecular weight excluding hydrogens is 240 g/mol. The minimum atomic E-state index is -0.0979. The van der Waals surface area contributed by atoms with Gasteiger partial charge in [-0.25, -0.2) is 0 Å². The number of hydrogen-bond donors (Lipinski definition) is 1. The van der Waals surface area contributed by atoms with Crippen LogP contribution in [0.4, 0.5) is 0 Å². The highest BCUT2D eigenvalue weighted by Crippen LogP contribution is 2.32. The van der Waals surface area contributed by atoms with E-state index >= 15 is 0 Å². The van der Waals surface area contributed by atoms with E-state index in [2.05, 4.69) is 23.5 Å². The number of rotatable bonds is 2. The van der Waals surface area contributed by atoms with Gasteiger partial charge in [0.2, 0.25) is 11.8 Å². The summed E-state index contributed by atoms with van der Waals surface area (Å²) in [4.78, 5) is 25.1. The lowest BCUT2D eigenvalue weighted by Crippen LogP contribution is -2.53. The van der Waals surface area contributed by atoms with Crippen molar-refractivity contribution in [1.29, 1.82) is 0 Å². The number of piperazine rings is 1. The van der Waals surface area contributed by atoms with E-state index in [0.29, 0.717) is 12.5 Å². The number of nitrogens with one attached hydrogen (secondary N) is 1. The Bertz CT molecular complexity index is 497. The number of aryl methyl sites for hydroxylation is 1. The molecule has 0 saturated carbocycles. The molecule has 1 aliphatic heterocycles. The summed E-state index contributed by atoms with van der Waals surface area (Å²) in [5, 5.41) is 2.83. The van der Waals surface area contributed by atoms with E-state index in [1.165, 1.54) is 16.0 Å². The van der Waals surface area contributed by atoms with E-state index in [1.54, 1.807) is 0 Å². The number of amides is 2. The van der Waals surface area contributed by atoms with Gasteiger partial charge in [-0.3, -0.25) is 19.8 Å². The van der Waals surface area contributed by atoms with Gasteiger partial charge in [0.15, 0.2) is 0 Å². The summed E-state index contributed by atoms with van der Waals surface area (Å²) >= 11 is 0. The Kier molecular flexibility index (Phi) is 3.34. The van der Waals surface area contributed by atoms with Crippen molar-refractivity contribution >= 4 is 11.8 Å². The molecule has 0 aromatic heterocycles. The Morgan fingerprint density at radius 2 is 1.89 bits per heavy atom. The molecule has 4 nitrogen and oxygen atoms in total. The molecule has 1 aromatic carbocycles. The normalized spacial score (nSPS) is 23.4. The van der Waals surface area contributed by atoms with E-state index in [9.17, 15) is 9.59 Å². The van der Waals surface area contributed by atoms with Crippen LogP contribution in [0.15, 0.2) is 24.3 Å². The fraction of sp³-hybridized carbons (Fsp3) is 0.467. The van der Waals surface area contributed by atoms with E-state index in [0.717, 1.165) is 19.3 Å². The molecule has 19 heavy (non-hydrogen) atoms. The molecule has 2 amide bonds. The van der Waals surface area contributed by atoms with E-state index in [4.69, 9.17) is 0 Å². The van der Waals surface area contributed by atoms with Crippen molar-refractivity contribution < 1.29 is 9.59 Å². The van der Waals surface area contributed by atoms with Crippen LogP contribution in [0.25, 0.3) is 0 Å². The fourth-order valence-electron chi connectivity index (χ4n) is 3.07. The van der Waals surface area contributed by atoms with Crippen molar-refractivity contribution in [2.75, 3.05) is 19.6 Å². The highest BCUT2D eigenvalue weighted by atomic mass is 16.2. The smallest absolute Gasteiger partial charge is 0.243 e. The van der Waals surface area contributed by atoms with E-state index in [-0.39, 0.29) is 24.9 Å². The number of carbonyl (C=O) groups is 2. The third-order valence-corrected chi connectivity index (χ3v) is 4.05. The molecule has 1 saturated heterocycles. The van der Waals surface area contributed by atoms with Crippen molar-refractivity contribution in [2.45, 2.75) is 25.2 Å². The second-order valence-electron chi connectivity index (χ2n) is 5.29. The number of hydrogen-bond acceptors (Lipinski definition) is 3. The van der Waals surface area contributed by atoms with Crippen molar-refractivity contribution in [2.24, 2.45) is 0 Å². The Hall–Kier alpha value is -1.68. The van der Waals surface area contributed by atoms with Crippen LogP contribution in [0.3, 0.4) is 0 Å². The van der Waals surface area contributed by atoms with Crippen molar-refractivity contribution in [3.05, 3.63) is 35.4 Å². The largest absolute Gasteiger partial charge is 0.300 e. The zero-order valence-corrected chi connectivity index (χ0v) is 10.9. The van der Waals surface area contributed by atoms with Crippen LogP contribution in [0.1, 0.15) is 29.9 Å². The fourth-order valence-corrected chi connectivity index (χ4v) is 3.07. The molecule has 100 valence electrons. The molecule has 1 aliphatic carbocycles. The standard InChI is InChI=1S/C15H18N2O2/c18-14-8-16-9-15(19)17(14)10-12-6-3-5-11-4-1-2-7-13(11)12/h1-2,4,7,12,16H,3,5-6,8-10H2. The number of imide groups is 1. The lowest BCUT2D eigenvalue weighted by molar-refractivity contribution is -0.146. The zero-order chi connectivity index (χ0) is 13.2. The molecule has 1 fully saturated rings. The van der Waals surface area contributed by atoms with Crippen LogP contribution in [-0.4, -0.2) is 36.3 Å². The van der Waals surface area contributed by atoms with E-state index in [1.807, 2.05) is 6.07 Å². The van der Waals surface area contributed by atoms with Gasteiger partial charge in [-0.15, -0.1) is 0 Å². The first kappa shape index (κ1) is 12.4. The molecule has 1 heterocycles. The van der Waals surface area contributed by atoms with Crippen molar-refractivity contribution in [3.8, 4) is 0 Å². The van der Waals surface area contributed by atoms with E-state index < -0.39 is 0 Å². The van der Waals surface area contributed by atoms with Gasteiger partial charge in [0.05, 0.1) is 13.1 Å². The predicted octanol–water partition coefficient (Wildman–Crippen LogP) is 1.06. The minimum Gasteiger partial charge on any atom is -0.300 e. The molecule has 2 aliphatic rings. The average molecular weight is 258 g/mol. The number of fused-ring (bicyclic) bond motifs is 1. The summed E-state index contributed by atoms with van der Waals surface area (Å²) in [5.74, 6) is 0.106. The summed E-state index contributed by atoms with van der Waals surface area (Å²) < 4.78 is 0. The highest BCUT2D eigenvalue weighted by molar-refractivity contribution is 5.99. The Labute approximate surface area is 112 Å². The Morgan fingerprint density at radius 1 is 1.16 bits per heavy atom. The van der Waals surface area contributed by atoms with Crippen molar-refractivity contribution in [3.63, 3.8) is 0 Å². The quantitative estimate of drug-likeness (QED) is 0.807. The SMILES string of the molecule is O=C1CNCC(=O)N1CC1CCCc2ccccc21. The van der Waals surface area contributed by atoms with Gasteiger partial charge in [-0.05, 0) is 30.4 Å². The number of nitrogens with zero attached hydrogens (tertiary/aromatic N) is 1. The maximum absolute atomic E-state index is 11.8. The van der Waals surface area contributed by atoms with Gasteiger partial charge >= 0.3 is 0 Å². The van der Waals surface area contributed by atoms with Crippen LogP contribution >= 0.6 is 0 Å². The molecule has 1 N–H and O–H groups in total. The van der Waals surface area contributed by atoms with Gasteiger partial charge in [-0.1, -0.05) is 24.3 Å². The van der Waals surface area contributed by atoms with Crippen LogP contribution in [0.5, 0.6) is 0 Å². The van der Waals surface area contributed by atoms with Gasteiger partial charge in [0.25, 0.3) is 0 Å². The summed E-state index contributed by atoms with van der Waals surface area (Å²) in [6.07, 6.45) is 3.30. The zero-order valence-electron chi connectivity index (χ0n) is 10.9. The van der Waals surface area contributed by atoms with Gasteiger partial charge in [0, 0.05) is 12.5 Å². The molecule has 1 aromatic rings. The van der Waals surface area contributed by atoms with Gasteiger partial charge in [0.1, 0.15) is 0 Å². The maximum atomic E-state index is 11.8. The molecule has 3 rings (SSSR count). The molecule has 0 spiro atoms. The first-order valence-electron chi connectivity index (χ1n) is 6.87. The third kappa shape index (κ3) is 2.40. The Balaban J connectivity index is 1.80. The van der Waals surface area contributed by atoms with Crippen molar-refractivity contribution in [1.82, 2.24) is 10.2 Å². The molecule has 1 atom stereocenters. The molecule has 1 unspecified atom stereocenters. The van der Waals surface area contributed by atoms with Gasteiger partial charge < -0.3 is 0 Å². The summed E-state index contributed by atoms with van der Waals surface area (Å²) in [5.41, 5.74) is 2.68. The molecular formula is C15H18N2O2. The second kappa shape index (κ2) is 5.13. The third-order valence-electron chi connectivity index (χ3n) is 4.05. The van der Waals surface area contributed by atoms with Crippen LogP contribution in [0.2, 0.25) is 0 Å². The Morgan fingerprint density at radius 3 is 2.68 bits per heavy atom. The lowest BCUT2D eigenvalue weighted by atomic mass is 9.82. The first-order chi connectivity index (χ1) is 9.25. The summed E-state index contributed by atoms with van der Waals surface area (Å²) in [6, 6.07) is 8.39. The first-order valence-corrected chi connectivity index (χ1v) is 6.87. The molecule has 0 radical (unpaired) electrons. The molecule has 0 bridgehead atoms. The number of benzene rings is 1. The maximum Gasteiger partial charge on any atom is 0.243 e. The minimum absolute atomic E-state index is 0.0979. The van der Waals surface area contributed by atoms with Crippen LogP contribution < -0.4 is 5.32 Å². The average Bonchev–Trinajstić information content (AvgIpc) is 2.43. The monoisotopic (exact) mass is 258 g/mol. The summed E-state index contributed by atoms with van der Waals surface area (Å²) in [7, 11) is 0. The summed E-state index contributed by atoms with van der Waals surface area (Å²) in [6.45, 7) is 1.09. The van der Waals surface area contributed by atoms with Crippen LogP contribution in [-0.2, 0) is 16.0 Å². The second-order valence-corrected chi connectivity index (χ2v) is 5.29. The lowest BCUT2D eigenvalue weighted by Gasteiger charge is -2.32. The van der Waals surface area contributed by atoms with Gasteiger partial charge in [-0.2, -0.15) is 0 Å². The topological polar surface area (TPSA) is 49.4 Å². The number of carbonyl (C=O) groups excluding carboxylic acids is 2. The predicted molar refractivity (Wildman–Crippen MR) is 71.7 cm³/mol.